The van der Waals surface area contributed by atoms with E-state index >= 15 is 0 Å². The Morgan fingerprint density at radius 3 is 2.62 bits per heavy atom. The molecule has 1 heterocycles. The Hall–Kier alpha value is -1.62. The minimum absolute atomic E-state index is 0.240. The zero-order valence-corrected chi connectivity index (χ0v) is 9.24. The number of benzene rings is 1. The molecule has 2 nitrogen and oxygen atoms in total. The number of hydrogen-bond donors (Lipinski definition) is 1. The fourth-order valence-corrected chi connectivity index (χ4v) is 1.67. The first-order valence-electron chi connectivity index (χ1n) is 4.59. The molecule has 2 aromatic rings. The molecule has 0 unspecified atom stereocenters. The van der Waals surface area contributed by atoms with Gasteiger partial charge in [0.25, 0.3) is 0 Å². The maximum atomic E-state index is 13.5. The van der Waals surface area contributed by atoms with E-state index in [1.807, 2.05) is 0 Å². The largest absolute Gasteiger partial charge is 0.335 e. The highest BCUT2D eigenvalue weighted by Gasteiger charge is 2.08. The van der Waals surface area contributed by atoms with Crippen molar-refractivity contribution >= 4 is 12.2 Å². The third-order valence-electron chi connectivity index (χ3n) is 2.09. The van der Waals surface area contributed by atoms with Gasteiger partial charge in [0.2, 0.25) is 0 Å². The molecule has 5 heteroatoms. The predicted molar refractivity (Wildman–Crippen MR) is 59.5 cm³/mol. The molecule has 0 radical (unpaired) electrons. The lowest BCUT2D eigenvalue weighted by Gasteiger charge is -2.03. The molecule has 0 amide bonds. The second kappa shape index (κ2) is 4.09. The van der Waals surface area contributed by atoms with Crippen LogP contribution >= 0.6 is 12.2 Å². The van der Waals surface area contributed by atoms with Crippen molar-refractivity contribution in [2.75, 3.05) is 0 Å². The summed E-state index contributed by atoms with van der Waals surface area (Å²) in [5.74, 6) is -1.26. The van der Waals surface area contributed by atoms with E-state index in [9.17, 15) is 8.78 Å². The molecule has 0 fully saturated rings. The summed E-state index contributed by atoms with van der Waals surface area (Å²) in [6, 6.07) is 5.02. The summed E-state index contributed by atoms with van der Waals surface area (Å²) >= 11 is 4.89. The summed E-state index contributed by atoms with van der Waals surface area (Å²) in [4.78, 5) is 6.81. The number of hydrogen-bond acceptors (Lipinski definition) is 2. The molecule has 0 saturated carbocycles. The second-order valence-corrected chi connectivity index (χ2v) is 3.77. The van der Waals surface area contributed by atoms with E-state index in [-0.39, 0.29) is 10.3 Å². The summed E-state index contributed by atoms with van der Waals surface area (Å²) in [5, 5.41) is 0. The summed E-state index contributed by atoms with van der Waals surface area (Å²) in [5.41, 5.74) is 1.42. The Kier molecular flexibility index (Phi) is 2.78. The molecule has 0 atom stereocenters. The predicted octanol–water partition coefficient (Wildman–Crippen LogP) is 3.39. The lowest BCUT2D eigenvalue weighted by atomic mass is 10.1. The minimum Gasteiger partial charge on any atom is -0.335 e. The van der Waals surface area contributed by atoms with Crippen LogP contribution in [0.5, 0.6) is 0 Å². The highest BCUT2D eigenvalue weighted by atomic mass is 32.1. The molecule has 2 rings (SSSR count). The van der Waals surface area contributed by atoms with E-state index in [0.29, 0.717) is 5.69 Å². The molecule has 0 bridgehead atoms. The van der Waals surface area contributed by atoms with Crippen LogP contribution in [0, 0.1) is 23.3 Å². The number of nitrogens with one attached hydrogen (secondary N) is 1. The van der Waals surface area contributed by atoms with Gasteiger partial charge in [0.1, 0.15) is 11.6 Å². The maximum absolute atomic E-state index is 13.5. The molecule has 0 aliphatic heterocycles. The van der Waals surface area contributed by atoms with Crippen molar-refractivity contribution in [1.29, 1.82) is 0 Å². The number of rotatable bonds is 1. The smallest absolute Gasteiger partial charge is 0.197 e. The van der Waals surface area contributed by atoms with Gasteiger partial charge in [0.05, 0.1) is 5.69 Å². The van der Waals surface area contributed by atoms with E-state index in [2.05, 4.69) is 9.97 Å². The first-order chi connectivity index (χ1) is 7.56. The topological polar surface area (TPSA) is 28.7 Å². The van der Waals surface area contributed by atoms with Gasteiger partial charge in [-0.15, -0.1) is 0 Å². The van der Waals surface area contributed by atoms with Crippen LogP contribution < -0.4 is 0 Å². The summed E-state index contributed by atoms with van der Waals surface area (Å²) in [6.45, 7) is 1.79. The van der Waals surface area contributed by atoms with Crippen LogP contribution in [0.4, 0.5) is 8.78 Å². The summed E-state index contributed by atoms with van der Waals surface area (Å²) in [6.07, 6.45) is 0. The fourth-order valence-electron chi connectivity index (χ4n) is 1.41. The molecule has 0 spiro atoms. The van der Waals surface area contributed by atoms with Gasteiger partial charge in [-0.1, -0.05) is 0 Å². The zero-order valence-electron chi connectivity index (χ0n) is 8.42. The lowest BCUT2D eigenvalue weighted by molar-refractivity contribution is 0.585. The van der Waals surface area contributed by atoms with E-state index in [1.165, 1.54) is 12.1 Å². The van der Waals surface area contributed by atoms with Crippen molar-refractivity contribution in [2.45, 2.75) is 6.92 Å². The standard InChI is InChI=1S/C11H8F2N2S/c1-6-4-10(15-11(16)14-6)8-3-2-7(12)5-9(8)13/h2-5H,1H3,(H,14,15,16). The average Bonchev–Trinajstić information content (AvgIpc) is 2.15. The Balaban J connectivity index is 2.63. The Morgan fingerprint density at radius 2 is 2.00 bits per heavy atom. The summed E-state index contributed by atoms with van der Waals surface area (Å²) < 4.78 is 26.5. The van der Waals surface area contributed by atoms with E-state index in [1.54, 1.807) is 13.0 Å². The lowest BCUT2D eigenvalue weighted by Crippen LogP contribution is -1.93. The number of aromatic nitrogens is 2. The molecule has 16 heavy (non-hydrogen) atoms. The Bertz CT molecular complexity index is 593. The van der Waals surface area contributed by atoms with Gasteiger partial charge >= 0.3 is 0 Å². The number of nitrogens with zero attached hydrogens (tertiary/aromatic N) is 1. The molecular weight excluding hydrogens is 230 g/mol. The van der Waals surface area contributed by atoms with Crippen molar-refractivity contribution in [3.05, 3.63) is 46.4 Å². The van der Waals surface area contributed by atoms with Crippen molar-refractivity contribution in [3.63, 3.8) is 0 Å². The number of halogens is 2. The zero-order chi connectivity index (χ0) is 11.7. The Morgan fingerprint density at radius 1 is 1.25 bits per heavy atom. The second-order valence-electron chi connectivity index (χ2n) is 3.38. The van der Waals surface area contributed by atoms with Gasteiger partial charge in [-0.2, -0.15) is 0 Å². The number of aromatic amines is 1. The number of H-pyrrole nitrogens is 1. The fraction of sp³-hybridized carbons (Fsp3) is 0.0909. The van der Waals surface area contributed by atoms with Crippen LogP contribution in [-0.4, -0.2) is 9.97 Å². The van der Waals surface area contributed by atoms with Crippen molar-refractivity contribution in [1.82, 2.24) is 9.97 Å². The van der Waals surface area contributed by atoms with Crippen LogP contribution in [0.2, 0.25) is 0 Å². The van der Waals surface area contributed by atoms with Crippen LogP contribution in [-0.2, 0) is 0 Å². The highest BCUT2D eigenvalue weighted by Crippen LogP contribution is 2.21. The van der Waals surface area contributed by atoms with Gasteiger partial charge in [-0.3, -0.25) is 0 Å². The van der Waals surface area contributed by atoms with Crippen LogP contribution in [0.15, 0.2) is 24.3 Å². The van der Waals surface area contributed by atoms with Crippen molar-refractivity contribution in [2.24, 2.45) is 0 Å². The molecule has 82 valence electrons. The van der Waals surface area contributed by atoms with Gasteiger partial charge in [-0.25, -0.2) is 13.8 Å². The molecule has 1 aromatic carbocycles. The quantitative estimate of drug-likeness (QED) is 0.771. The number of aryl methyl sites for hydroxylation is 1. The molecule has 0 aliphatic carbocycles. The van der Waals surface area contributed by atoms with Gasteiger partial charge in [0.15, 0.2) is 4.77 Å². The van der Waals surface area contributed by atoms with Gasteiger partial charge in [-0.05, 0) is 37.3 Å². The monoisotopic (exact) mass is 238 g/mol. The third-order valence-corrected chi connectivity index (χ3v) is 2.28. The molecule has 1 N–H and O–H groups in total. The minimum atomic E-state index is -0.646. The van der Waals surface area contributed by atoms with Crippen LogP contribution in [0.25, 0.3) is 11.3 Å². The van der Waals surface area contributed by atoms with Crippen molar-refractivity contribution < 1.29 is 8.78 Å². The molecule has 1 aromatic heterocycles. The van der Waals surface area contributed by atoms with Gasteiger partial charge < -0.3 is 4.98 Å². The van der Waals surface area contributed by atoms with E-state index < -0.39 is 11.6 Å². The van der Waals surface area contributed by atoms with Gasteiger partial charge in [0, 0.05) is 17.3 Å². The van der Waals surface area contributed by atoms with Crippen molar-refractivity contribution in [3.8, 4) is 11.3 Å². The average molecular weight is 238 g/mol. The van der Waals surface area contributed by atoms with Crippen LogP contribution in [0.3, 0.4) is 0 Å². The Labute approximate surface area is 96.0 Å². The highest BCUT2D eigenvalue weighted by molar-refractivity contribution is 7.71. The van der Waals surface area contributed by atoms with E-state index in [4.69, 9.17) is 12.2 Å². The first kappa shape index (κ1) is 10.9. The summed E-state index contributed by atoms with van der Waals surface area (Å²) in [7, 11) is 0. The SMILES string of the molecule is Cc1cc(-c2ccc(F)cc2F)nc(=S)[nH]1. The maximum Gasteiger partial charge on any atom is 0.197 e. The van der Waals surface area contributed by atoms with E-state index in [0.717, 1.165) is 11.8 Å². The first-order valence-corrected chi connectivity index (χ1v) is 5.00. The normalized spacial score (nSPS) is 10.4. The van der Waals surface area contributed by atoms with Crippen LogP contribution in [0.1, 0.15) is 5.69 Å². The molecule has 0 saturated heterocycles. The molecular formula is C11H8F2N2S. The molecule has 0 aliphatic rings. The third kappa shape index (κ3) is 2.14.